The van der Waals surface area contributed by atoms with Crippen LogP contribution in [0.3, 0.4) is 0 Å². The summed E-state index contributed by atoms with van der Waals surface area (Å²) in [5.74, 6) is -1.02. The van der Waals surface area contributed by atoms with E-state index in [4.69, 9.17) is 9.47 Å². The van der Waals surface area contributed by atoms with Gasteiger partial charge in [-0.2, -0.15) is 13.2 Å². The number of methoxy groups -OCH3 is 1. The van der Waals surface area contributed by atoms with Crippen LogP contribution in [-0.2, 0) is 19.0 Å². The molecular formula is C8H13F3O4. The quantitative estimate of drug-likeness (QED) is 0.486. The van der Waals surface area contributed by atoms with Crippen LogP contribution in [0.2, 0.25) is 0 Å². The number of esters is 1. The van der Waals surface area contributed by atoms with Crippen molar-refractivity contribution in [3.8, 4) is 0 Å². The van der Waals surface area contributed by atoms with Crippen molar-refractivity contribution in [2.24, 2.45) is 0 Å². The van der Waals surface area contributed by atoms with E-state index in [2.05, 4.69) is 4.74 Å². The Balaban J connectivity index is 3.34. The van der Waals surface area contributed by atoms with Gasteiger partial charge in [-0.05, 0) is 6.42 Å². The third-order valence-electron chi connectivity index (χ3n) is 1.25. The van der Waals surface area contributed by atoms with Crippen LogP contribution in [0.4, 0.5) is 13.2 Å². The van der Waals surface area contributed by atoms with Crippen LogP contribution in [0, 0.1) is 0 Å². The second-order valence-corrected chi connectivity index (χ2v) is 2.67. The largest absolute Gasteiger partial charge is 0.454 e. The predicted octanol–water partition coefficient (Wildman–Crippen LogP) is 1.15. The molecule has 0 aliphatic heterocycles. The first kappa shape index (κ1) is 14.2. The second kappa shape index (κ2) is 7.47. The van der Waals surface area contributed by atoms with Gasteiger partial charge in [-0.15, -0.1) is 0 Å². The number of hydrogen-bond acceptors (Lipinski definition) is 4. The summed E-state index contributed by atoms with van der Waals surface area (Å²) in [7, 11) is 1.51. The Morgan fingerprint density at radius 1 is 1.27 bits per heavy atom. The van der Waals surface area contributed by atoms with Crippen molar-refractivity contribution in [3.63, 3.8) is 0 Å². The minimum Gasteiger partial charge on any atom is -0.454 e. The molecule has 0 bridgehead atoms. The zero-order chi connectivity index (χ0) is 11.7. The van der Waals surface area contributed by atoms with E-state index in [1.54, 1.807) is 0 Å². The molecule has 0 rings (SSSR count). The van der Waals surface area contributed by atoms with E-state index < -0.39 is 25.4 Å². The van der Waals surface area contributed by atoms with Crippen molar-refractivity contribution in [3.05, 3.63) is 0 Å². The molecule has 0 radical (unpaired) electrons. The lowest BCUT2D eigenvalue weighted by molar-refractivity contribution is -0.189. The van der Waals surface area contributed by atoms with E-state index >= 15 is 0 Å². The van der Waals surface area contributed by atoms with Crippen molar-refractivity contribution in [1.82, 2.24) is 0 Å². The van der Waals surface area contributed by atoms with Gasteiger partial charge in [0.15, 0.2) is 6.61 Å². The first-order valence-corrected chi connectivity index (χ1v) is 4.25. The van der Waals surface area contributed by atoms with E-state index in [0.717, 1.165) is 0 Å². The molecule has 4 nitrogen and oxygen atoms in total. The van der Waals surface area contributed by atoms with Crippen molar-refractivity contribution < 1.29 is 32.2 Å². The molecule has 7 heteroatoms. The Morgan fingerprint density at radius 3 is 2.47 bits per heavy atom. The molecule has 0 N–H and O–H groups in total. The summed E-state index contributed by atoms with van der Waals surface area (Å²) < 4.78 is 48.0. The molecule has 0 amide bonds. The van der Waals surface area contributed by atoms with E-state index in [9.17, 15) is 18.0 Å². The Kier molecular flexibility index (Phi) is 7.06. The molecule has 0 saturated carbocycles. The summed E-state index contributed by atoms with van der Waals surface area (Å²) in [6.07, 6.45) is -3.92. The highest BCUT2D eigenvalue weighted by molar-refractivity contribution is 5.70. The van der Waals surface area contributed by atoms with E-state index in [1.165, 1.54) is 7.11 Å². The topological polar surface area (TPSA) is 44.8 Å². The fraction of sp³-hybridized carbons (Fsp3) is 0.875. The van der Waals surface area contributed by atoms with E-state index in [1.807, 2.05) is 0 Å². The predicted molar refractivity (Wildman–Crippen MR) is 44.3 cm³/mol. The van der Waals surface area contributed by atoms with Crippen LogP contribution in [0.1, 0.15) is 6.42 Å². The minimum atomic E-state index is -4.49. The van der Waals surface area contributed by atoms with Crippen LogP contribution < -0.4 is 0 Å². The molecular weight excluding hydrogens is 217 g/mol. The van der Waals surface area contributed by atoms with Crippen molar-refractivity contribution in [1.29, 1.82) is 0 Å². The number of halogens is 3. The maximum absolute atomic E-state index is 11.6. The van der Waals surface area contributed by atoms with Crippen molar-refractivity contribution >= 4 is 5.97 Å². The zero-order valence-corrected chi connectivity index (χ0v) is 8.30. The van der Waals surface area contributed by atoms with Crippen molar-refractivity contribution in [2.75, 3.05) is 33.5 Å². The number of hydrogen-bond donors (Lipinski definition) is 0. The fourth-order valence-electron chi connectivity index (χ4n) is 0.665. The molecule has 0 aliphatic rings. The van der Waals surface area contributed by atoms with E-state index in [-0.39, 0.29) is 6.61 Å². The third kappa shape index (κ3) is 11.1. The Morgan fingerprint density at radius 2 is 1.93 bits per heavy atom. The summed E-state index contributed by atoms with van der Waals surface area (Å²) in [5.41, 5.74) is 0. The van der Waals surface area contributed by atoms with Crippen molar-refractivity contribution in [2.45, 2.75) is 12.6 Å². The number of ether oxygens (including phenoxy) is 3. The third-order valence-corrected chi connectivity index (χ3v) is 1.25. The molecule has 0 fully saturated rings. The molecule has 0 aromatic carbocycles. The van der Waals surface area contributed by atoms with Gasteiger partial charge in [-0.1, -0.05) is 0 Å². The highest BCUT2D eigenvalue weighted by Gasteiger charge is 2.29. The SMILES string of the molecule is COCCCOCC(=O)OCC(F)(F)F. The highest BCUT2D eigenvalue weighted by atomic mass is 19.4. The number of rotatable bonds is 7. The Hall–Kier alpha value is -0.820. The van der Waals surface area contributed by atoms with Gasteiger partial charge in [0.1, 0.15) is 6.61 Å². The first-order valence-electron chi connectivity index (χ1n) is 4.25. The average Bonchev–Trinajstić information content (AvgIpc) is 2.13. The smallest absolute Gasteiger partial charge is 0.422 e. The van der Waals surface area contributed by atoms with Gasteiger partial charge in [-0.3, -0.25) is 0 Å². The normalized spacial score (nSPS) is 11.5. The summed E-state index contributed by atoms with van der Waals surface area (Å²) in [5, 5.41) is 0. The molecule has 15 heavy (non-hydrogen) atoms. The summed E-state index contributed by atoms with van der Waals surface area (Å²) in [4.78, 5) is 10.6. The maximum atomic E-state index is 11.6. The molecule has 0 aromatic heterocycles. The minimum absolute atomic E-state index is 0.245. The van der Waals surface area contributed by atoms with Gasteiger partial charge < -0.3 is 14.2 Å². The number of carbonyl (C=O) groups is 1. The maximum Gasteiger partial charge on any atom is 0.422 e. The van der Waals surface area contributed by atoms with Gasteiger partial charge in [0, 0.05) is 20.3 Å². The summed E-state index contributed by atoms with van der Waals surface area (Å²) in [6.45, 7) is -1.33. The van der Waals surface area contributed by atoms with Crippen LogP contribution in [-0.4, -0.2) is 45.7 Å². The number of alkyl halides is 3. The van der Waals surface area contributed by atoms with Crippen LogP contribution >= 0.6 is 0 Å². The van der Waals surface area contributed by atoms with Crippen LogP contribution in [0.25, 0.3) is 0 Å². The zero-order valence-electron chi connectivity index (χ0n) is 8.30. The molecule has 0 unspecified atom stereocenters. The molecule has 0 atom stereocenters. The first-order chi connectivity index (χ1) is 6.95. The average molecular weight is 230 g/mol. The summed E-state index contributed by atoms with van der Waals surface area (Å²) in [6, 6.07) is 0. The molecule has 0 spiro atoms. The van der Waals surface area contributed by atoms with E-state index in [0.29, 0.717) is 13.0 Å². The second-order valence-electron chi connectivity index (χ2n) is 2.67. The highest BCUT2D eigenvalue weighted by Crippen LogP contribution is 2.14. The lowest BCUT2D eigenvalue weighted by Crippen LogP contribution is -2.23. The molecule has 0 aromatic rings. The molecule has 90 valence electrons. The molecule has 0 aliphatic carbocycles. The Labute approximate surface area is 85.3 Å². The molecule has 0 heterocycles. The molecule has 0 saturated heterocycles. The standard InChI is InChI=1S/C8H13F3O4/c1-13-3-2-4-14-5-7(12)15-6-8(9,10)11/h2-6H2,1H3. The fourth-order valence-corrected chi connectivity index (χ4v) is 0.665. The number of carbonyl (C=O) groups excluding carboxylic acids is 1. The lowest BCUT2D eigenvalue weighted by atomic mass is 10.5. The van der Waals surface area contributed by atoms with Gasteiger partial charge >= 0.3 is 12.1 Å². The van der Waals surface area contributed by atoms with Gasteiger partial charge in [0.25, 0.3) is 0 Å². The van der Waals surface area contributed by atoms with Gasteiger partial charge in [0.2, 0.25) is 0 Å². The monoisotopic (exact) mass is 230 g/mol. The lowest BCUT2D eigenvalue weighted by Gasteiger charge is -2.07. The van der Waals surface area contributed by atoms with Crippen LogP contribution in [0.5, 0.6) is 0 Å². The Bertz CT molecular complexity index is 181. The van der Waals surface area contributed by atoms with Gasteiger partial charge in [-0.25, -0.2) is 4.79 Å². The van der Waals surface area contributed by atoms with Gasteiger partial charge in [0.05, 0.1) is 0 Å². The summed E-state index contributed by atoms with van der Waals surface area (Å²) >= 11 is 0. The van der Waals surface area contributed by atoms with Crippen LogP contribution in [0.15, 0.2) is 0 Å².